The van der Waals surface area contributed by atoms with Gasteiger partial charge in [-0.25, -0.2) is 0 Å². The van der Waals surface area contributed by atoms with Gasteiger partial charge in [-0.3, -0.25) is 4.79 Å². The Bertz CT molecular complexity index is 61.8. The lowest BCUT2D eigenvalue weighted by molar-refractivity contribution is -0.104. The molecule has 0 aromatic rings. The van der Waals surface area contributed by atoms with Crippen LogP contribution < -0.4 is 0 Å². The Hall–Kier alpha value is -0.310. The van der Waals surface area contributed by atoms with Crippen LogP contribution in [0.4, 0.5) is 3.89 Å². The number of rotatable bonds is 2. The number of halogens is 1. The lowest BCUT2D eigenvalue weighted by Crippen LogP contribution is -1.50. The van der Waals surface area contributed by atoms with Gasteiger partial charge in [0.1, 0.15) is 6.29 Å². The van der Waals surface area contributed by atoms with Gasteiger partial charge in [-0.1, -0.05) is 0 Å². The minimum absolute atomic E-state index is 0.0144. The molecule has 34 valence electrons. The van der Waals surface area contributed by atoms with Gasteiger partial charge in [-0.15, -0.1) is 0 Å². The summed E-state index contributed by atoms with van der Waals surface area (Å²) in [5.74, 6) is 0. The van der Waals surface area contributed by atoms with E-state index in [2.05, 4.69) is 0 Å². The number of hydrogen-bond acceptors (Lipinski definition) is 2. The van der Waals surface area contributed by atoms with Gasteiger partial charge in [-0.05, 0) is 6.08 Å². The zero-order valence-electron chi connectivity index (χ0n) is 2.93. The molecule has 0 saturated carbocycles. The average Bonchev–Trinajstić information content (AvgIpc) is 1.61. The number of carbonyl (C=O) groups excluding carboxylic acids is 1. The molecule has 0 amide bonds. The van der Waals surface area contributed by atoms with Gasteiger partial charge in [0, 0.05) is 5.41 Å². The van der Waals surface area contributed by atoms with Crippen molar-refractivity contribution in [2.24, 2.45) is 0 Å². The Labute approximate surface area is 39.5 Å². The second-order valence-corrected chi connectivity index (χ2v) is 1.00. The molecule has 6 heavy (non-hydrogen) atoms. The fourth-order valence-corrected chi connectivity index (χ4v) is 0.185. The molecule has 0 rings (SSSR count). The van der Waals surface area contributed by atoms with Crippen molar-refractivity contribution in [2.75, 3.05) is 0 Å². The van der Waals surface area contributed by atoms with Crippen molar-refractivity contribution in [3.8, 4) is 0 Å². The van der Waals surface area contributed by atoms with Crippen molar-refractivity contribution in [1.82, 2.24) is 0 Å². The maximum absolute atomic E-state index is 10.9. The molecule has 1 nitrogen and oxygen atoms in total. The molecular weight excluding hydrogens is 103 g/mol. The van der Waals surface area contributed by atoms with Crippen molar-refractivity contribution in [1.29, 1.82) is 0 Å². The highest BCUT2D eigenvalue weighted by molar-refractivity contribution is 7.97. The van der Waals surface area contributed by atoms with Crippen LogP contribution in [0.5, 0.6) is 0 Å². The van der Waals surface area contributed by atoms with Gasteiger partial charge < -0.3 is 0 Å². The van der Waals surface area contributed by atoms with Crippen LogP contribution in [0, 0.1) is 0 Å². The molecule has 0 heterocycles. The third-order valence-electron chi connectivity index (χ3n) is 0.209. The molecular formula is C3H3FOS. The quantitative estimate of drug-likeness (QED) is 0.390. The van der Waals surface area contributed by atoms with E-state index in [1.165, 1.54) is 0 Å². The van der Waals surface area contributed by atoms with Crippen LogP contribution in [0.3, 0.4) is 0 Å². The molecule has 0 unspecified atom stereocenters. The SMILES string of the molecule is O=C/C=C\SF. The highest BCUT2D eigenvalue weighted by Gasteiger charge is 1.63. The Balaban J connectivity index is 2.94. The molecule has 0 aromatic carbocycles. The molecule has 0 aliphatic heterocycles. The fraction of sp³-hybridized carbons (Fsp3) is 0. The standard InChI is InChI=1S/C3H3FOS/c4-6-3-1-2-5/h1-3H/b3-1-. The third-order valence-corrected chi connectivity index (χ3v) is 0.469. The summed E-state index contributed by atoms with van der Waals surface area (Å²) in [7, 11) is 0. The first-order valence-electron chi connectivity index (χ1n) is 1.29. The highest BCUT2D eigenvalue weighted by atomic mass is 32.2. The van der Waals surface area contributed by atoms with Gasteiger partial charge in [0.05, 0.1) is 12.1 Å². The van der Waals surface area contributed by atoms with Crippen LogP contribution in [0.15, 0.2) is 11.5 Å². The summed E-state index contributed by atoms with van der Waals surface area (Å²) in [6.45, 7) is 0. The van der Waals surface area contributed by atoms with Gasteiger partial charge in [0.2, 0.25) is 0 Å². The average molecular weight is 106 g/mol. The van der Waals surface area contributed by atoms with Gasteiger partial charge in [-0.2, -0.15) is 3.89 Å². The molecule has 0 atom stereocenters. The monoisotopic (exact) mass is 106 g/mol. The predicted octanol–water partition coefficient (Wildman–Crippen LogP) is 1.32. The highest BCUT2D eigenvalue weighted by Crippen LogP contribution is 1.98. The minimum atomic E-state index is 0.0144. The topological polar surface area (TPSA) is 17.1 Å². The van der Waals surface area contributed by atoms with E-state index >= 15 is 0 Å². The van der Waals surface area contributed by atoms with Gasteiger partial charge in [0.25, 0.3) is 0 Å². The van der Waals surface area contributed by atoms with E-state index in [1.54, 1.807) is 0 Å². The van der Waals surface area contributed by atoms with Crippen molar-refractivity contribution in [3.63, 3.8) is 0 Å². The minimum Gasteiger partial charge on any atom is -0.299 e. The molecule has 0 spiro atoms. The summed E-state index contributed by atoms with van der Waals surface area (Å²) in [6, 6.07) is 0. The van der Waals surface area contributed by atoms with E-state index in [0.29, 0.717) is 6.29 Å². The van der Waals surface area contributed by atoms with Crippen LogP contribution in [-0.4, -0.2) is 6.29 Å². The smallest absolute Gasteiger partial charge is 0.143 e. The number of aldehydes is 1. The lowest BCUT2D eigenvalue weighted by Gasteiger charge is -1.60. The lowest BCUT2D eigenvalue weighted by atomic mass is 10.7. The Kier molecular flexibility index (Phi) is 4.45. The maximum Gasteiger partial charge on any atom is 0.143 e. The summed E-state index contributed by atoms with van der Waals surface area (Å²) >= 11 is 0.0144. The third kappa shape index (κ3) is 3.69. The van der Waals surface area contributed by atoms with Crippen LogP contribution in [0.1, 0.15) is 0 Å². The summed E-state index contributed by atoms with van der Waals surface area (Å²) in [6.07, 6.45) is 1.61. The molecule has 0 fully saturated rings. The van der Waals surface area contributed by atoms with E-state index in [0.717, 1.165) is 11.5 Å². The molecule has 3 heteroatoms. The van der Waals surface area contributed by atoms with Crippen molar-refractivity contribution in [3.05, 3.63) is 11.5 Å². The summed E-state index contributed by atoms with van der Waals surface area (Å²) < 4.78 is 10.9. The fourth-order valence-electron chi connectivity index (χ4n) is 0.0618. The zero-order valence-corrected chi connectivity index (χ0v) is 3.74. The molecule has 0 radical (unpaired) electrons. The summed E-state index contributed by atoms with van der Waals surface area (Å²) in [5.41, 5.74) is 0. The maximum atomic E-state index is 10.9. The Morgan fingerprint density at radius 2 is 2.33 bits per heavy atom. The van der Waals surface area contributed by atoms with Crippen LogP contribution in [0.25, 0.3) is 0 Å². The second kappa shape index (κ2) is 4.69. The molecule has 0 N–H and O–H groups in total. The van der Waals surface area contributed by atoms with E-state index in [9.17, 15) is 8.68 Å². The van der Waals surface area contributed by atoms with Crippen molar-refractivity contribution >= 4 is 18.4 Å². The van der Waals surface area contributed by atoms with Gasteiger partial charge in [0.15, 0.2) is 0 Å². The number of carbonyl (C=O) groups is 1. The molecule has 0 saturated heterocycles. The Morgan fingerprint density at radius 1 is 1.67 bits per heavy atom. The number of allylic oxidation sites excluding steroid dienone is 1. The first-order valence-corrected chi connectivity index (χ1v) is 2.07. The Morgan fingerprint density at radius 3 is 2.50 bits per heavy atom. The van der Waals surface area contributed by atoms with E-state index in [1.807, 2.05) is 0 Å². The van der Waals surface area contributed by atoms with Crippen LogP contribution >= 0.6 is 12.1 Å². The number of hydrogen-bond donors (Lipinski definition) is 0. The molecule has 0 aromatic heterocycles. The van der Waals surface area contributed by atoms with E-state index in [-0.39, 0.29) is 12.1 Å². The largest absolute Gasteiger partial charge is 0.299 e. The predicted molar refractivity (Wildman–Crippen MR) is 23.9 cm³/mol. The van der Waals surface area contributed by atoms with Crippen LogP contribution in [0.2, 0.25) is 0 Å². The van der Waals surface area contributed by atoms with Crippen molar-refractivity contribution in [2.45, 2.75) is 0 Å². The van der Waals surface area contributed by atoms with Crippen molar-refractivity contribution < 1.29 is 8.68 Å². The van der Waals surface area contributed by atoms with E-state index < -0.39 is 0 Å². The first kappa shape index (κ1) is 5.69. The zero-order chi connectivity index (χ0) is 4.83. The van der Waals surface area contributed by atoms with E-state index in [4.69, 9.17) is 0 Å². The first-order chi connectivity index (χ1) is 2.91. The second-order valence-electron chi connectivity index (χ2n) is 0.554. The van der Waals surface area contributed by atoms with Crippen LogP contribution in [-0.2, 0) is 4.79 Å². The molecule has 0 aliphatic carbocycles. The normalized spacial score (nSPS) is 9.50. The van der Waals surface area contributed by atoms with Gasteiger partial charge >= 0.3 is 0 Å². The summed E-state index contributed by atoms with van der Waals surface area (Å²) in [4.78, 5) is 9.30. The molecule has 0 bridgehead atoms. The summed E-state index contributed by atoms with van der Waals surface area (Å²) in [5, 5.41) is 1.06. The molecule has 0 aliphatic rings.